The maximum Gasteiger partial charge on any atom is 0.340 e. The van der Waals surface area contributed by atoms with Crippen LogP contribution in [-0.4, -0.2) is 75.8 Å². The fraction of sp³-hybridized carbons (Fsp3) is 0.382. The van der Waals surface area contributed by atoms with Gasteiger partial charge in [-0.25, -0.2) is 9.59 Å². The molecule has 3 heterocycles. The van der Waals surface area contributed by atoms with Crippen LogP contribution in [0.5, 0.6) is 23.0 Å². The number of piperazine rings is 1. The number of amides is 2. The highest BCUT2D eigenvalue weighted by Crippen LogP contribution is 2.57. The second-order valence-electron chi connectivity index (χ2n) is 11.8. The average Bonchev–Trinajstić information content (AvgIpc) is 3.31. The Bertz CT molecular complexity index is 1580. The Morgan fingerprint density at radius 2 is 1.60 bits per heavy atom. The number of ether oxygens (including phenoxy) is 2. The second kappa shape index (κ2) is 12.3. The third-order valence-corrected chi connectivity index (χ3v) is 8.93. The van der Waals surface area contributed by atoms with E-state index in [1.807, 2.05) is 25.1 Å². The lowest BCUT2D eigenvalue weighted by molar-refractivity contribution is -0.142. The molecule has 11 nitrogen and oxygen atoms in total. The zero-order chi connectivity index (χ0) is 31.7. The minimum absolute atomic E-state index is 0.00239. The number of hydrogen-bond acceptors (Lipinski definition) is 8. The highest BCUT2D eigenvalue weighted by atomic mass is 16.6. The number of urea groups is 1. The number of aromatic hydroxyl groups is 2. The number of nitrogens with one attached hydrogen (secondary N) is 1. The highest BCUT2D eigenvalue weighted by molar-refractivity contribution is 5.98. The van der Waals surface area contributed by atoms with Crippen molar-refractivity contribution in [3.05, 3.63) is 82.4 Å². The molecule has 0 aliphatic carbocycles. The molecule has 3 aliphatic rings. The molecule has 2 amide bonds. The first kappa shape index (κ1) is 30.3. The number of rotatable bonds is 9. The van der Waals surface area contributed by atoms with Gasteiger partial charge in [-0.05, 0) is 49.1 Å². The molecule has 1 fully saturated rings. The van der Waals surface area contributed by atoms with Crippen molar-refractivity contribution >= 4 is 18.0 Å². The number of benzene rings is 3. The Labute approximate surface area is 261 Å². The number of phenols is 2. The fourth-order valence-electron chi connectivity index (χ4n) is 6.69. The molecule has 3 aromatic rings. The zero-order valence-corrected chi connectivity index (χ0v) is 25.1. The Morgan fingerprint density at radius 1 is 0.933 bits per heavy atom. The van der Waals surface area contributed by atoms with E-state index < -0.39 is 17.5 Å². The summed E-state index contributed by atoms with van der Waals surface area (Å²) >= 11 is 0. The monoisotopic (exact) mass is 615 g/mol. The molecular weight excluding hydrogens is 578 g/mol. The number of esters is 1. The molecule has 4 N–H and O–H groups in total. The van der Waals surface area contributed by atoms with Crippen LogP contribution in [0.4, 0.5) is 4.79 Å². The number of carbonyl (C=O) groups excluding carboxylic acids is 2. The molecule has 45 heavy (non-hydrogen) atoms. The summed E-state index contributed by atoms with van der Waals surface area (Å²) in [6.45, 7) is 5.17. The van der Waals surface area contributed by atoms with Gasteiger partial charge in [0.25, 0.3) is 0 Å². The van der Waals surface area contributed by atoms with Gasteiger partial charge in [0, 0.05) is 68.1 Å². The van der Waals surface area contributed by atoms with E-state index in [2.05, 4.69) is 10.2 Å². The Morgan fingerprint density at radius 3 is 2.22 bits per heavy atom. The van der Waals surface area contributed by atoms with Gasteiger partial charge in [-0.15, -0.1) is 0 Å². The highest BCUT2D eigenvalue weighted by Gasteiger charge is 2.54. The van der Waals surface area contributed by atoms with Crippen molar-refractivity contribution in [2.24, 2.45) is 5.92 Å². The van der Waals surface area contributed by atoms with E-state index in [1.54, 1.807) is 17.0 Å². The van der Waals surface area contributed by atoms with E-state index in [1.165, 1.54) is 24.3 Å². The predicted octanol–water partition coefficient (Wildman–Crippen LogP) is 4.77. The van der Waals surface area contributed by atoms with Crippen molar-refractivity contribution in [1.29, 1.82) is 0 Å². The van der Waals surface area contributed by atoms with E-state index >= 15 is 0 Å². The maximum atomic E-state index is 13.7. The van der Waals surface area contributed by atoms with Crippen LogP contribution in [0.15, 0.2) is 54.6 Å². The standard InChI is InChI=1S/C34H37N3O8/c1-2-5-21(31(40)41)7-4-13-35-33(43)37-16-14-36(15-17-37)20-22-6-3-8-27-30(22)32(42)45-34(27)25-11-9-23(38)18-28(25)44-29-19-24(39)10-12-26(29)34/h3,6,8-12,18-19,21,38-39H,2,4-5,7,13-17,20H2,1H3,(H,35,43)(H,40,41). The van der Waals surface area contributed by atoms with E-state index in [4.69, 9.17) is 9.47 Å². The van der Waals surface area contributed by atoms with Gasteiger partial charge in [-0.2, -0.15) is 0 Å². The molecule has 11 heteroatoms. The molecule has 1 unspecified atom stereocenters. The van der Waals surface area contributed by atoms with Gasteiger partial charge >= 0.3 is 18.0 Å². The number of fused-ring (bicyclic) bond motifs is 6. The summed E-state index contributed by atoms with van der Waals surface area (Å²) in [6, 6.07) is 14.9. The fourth-order valence-corrected chi connectivity index (χ4v) is 6.69. The van der Waals surface area contributed by atoms with Gasteiger partial charge in [0.15, 0.2) is 5.60 Å². The smallest absolute Gasteiger partial charge is 0.340 e. The molecule has 1 spiro atoms. The van der Waals surface area contributed by atoms with Gasteiger partial charge in [0.2, 0.25) is 0 Å². The largest absolute Gasteiger partial charge is 0.508 e. The third kappa shape index (κ3) is 5.64. The molecule has 6 rings (SSSR count). The Balaban J connectivity index is 1.16. The molecule has 0 radical (unpaired) electrons. The van der Waals surface area contributed by atoms with E-state index in [0.29, 0.717) is 92.3 Å². The number of carboxylic acids is 1. The minimum atomic E-state index is -1.31. The molecule has 1 atom stereocenters. The van der Waals surface area contributed by atoms with Crippen molar-refractivity contribution in [2.75, 3.05) is 32.7 Å². The first-order valence-electron chi connectivity index (χ1n) is 15.4. The quantitative estimate of drug-likeness (QED) is 0.197. The molecule has 0 aromatic heterocycles. The van der Waals surface area contributed by atoms with Gasteiger partial charge in [-0.1, -0.05) is 31.5 Å². The number of aliphatic carboxylic acids is 1. The minimum Gasteiger partial charge on any atom is -0.508 e. The van der Waals surface area contributed by atoms with Crippen LogP contribution in [0.3, 0.4) is 0 Å². The third-order valence-electron chi connectivity index (χ3n) is 8.93. The Hall–Kier alpha value is -4.77. The van der Waals surface area contributed by atoms with Crippen LogP contribution < -0.4 is 10.1 Å². The number of carboxylic acid groups (broad SMARTS) is 1. The zero-order valence-electron chi connectivity index (χ0n) is 25.1. The number of phenolic OH excluding ortho intramolecular Hbond substituents is 2. The predicted molar refractivity (Wildman–Crippen MR) is 164 cm³/mol. The summed E-state index contributed by atoms with van der Waals surface area (Å²) in [4.78, 5) is 41.7. The van der Waals surface area contributed by atoms with E-state index in [9.17, 15) is 29.7 Å². The topological polar surface area (TPSA) is 149 Å². The van der Waals surface area contributed by atoms with E-state index in [0.717, 1.165) is 12.0 Å². The first-order chi connectivity index (χ1) is 21.7. The number of hydrogen-bond donors (Lipinski definition) is 4. The van der Waals surface area contributed by atoms with Crippen molar-refractivity contribution in [3.63, 3.8) is 0 Å². The maximum absolute atomic E-state index is 13.7. The summed E-state index contributed by atoms with van der Waals surface area (Å²) in [6.07, 6.45) is 2.61. The van der Waals surface area contributed by atoms with Gasteiger partial charge < -0.3 is 35.0 Å². The van der Waals surface area contributed by atoms with Crippen LogP contribution in [0.25, 0.3) is 0 Å². The van der Waals surface area contributed by atoms with E-state index in [-0.39, 0.29) is 23.4 Å². The number of nitrogens with zero attached hydrogens (tertiary/aromatic N) is 2. The molecule has 3 aliphatic heterocycles. The van der Waals surface area contributed by atoms with Gasteiger partial charge in [-0.3, -0.25) is 9.69 Å². The van der Waals surface area contributed by atoms with Crippen molar-refractivity contribution in [2.45, 2.75) is 44.8 Å². The van der Waals surface area contributed by atoms with Crippen LogP contribution in [0, 0.1) is 5.92 Å². The van der Waals surface area contributed by atoms with Crippen molar-refractivity contribution in [1.82, 2.24) is 15.1 Å². The SMILES string of the molecule is CCCC(CCCNC(=O)N1CCN(Cc2cccc3c2C(=O)OC32c3ccc(O)cc3Oc3cc(O)ccc32)CC1)C(=O)O. The van der Waals surface area contributed by atoms with Gasteiger partial charge in [0.05, 0.1) is 11.5 Å². The van der Waals surface area contributed by atoms with Crippen LogP contribution in [0.2, 0.25) is 0 Å². The lowest BCUT2D eigenvalue weighted by Crippen LogP contribution is -2.51. The summed E-state index contributed by atoms with van der Waals surface area (Å²) in [7, 11) is 0. The summed E-state index contributed by atoms with van der Waals surface area (Å²) in [5.41, 5.74) is 1.77. The van der Waals surface area contributed by atoms with Crippen LogP contribution in [-0.2, 0) is 21.7 Å². The summed E-state index contributed by atoms with van der Waals surface area (Å²) in [5, 5.41) is 32.6. The first-order valence-corrected chi connectivity index (χ1v) is 15.4. The van der Waals surface area contributed by atoms with Crippen molar-refractivity contribution < 1.29 is 39.2 Å². The van der Waals surface area contributed by atoms with Crippen LogP contribution in [0.1, 0.15) is 65.2 Å². The molecule has 0 bridgehead atoms. The van der Waals surface area contributed by atoms with Crippen molar-refractivity contribution in [3.8, 4) is 23.0 Å². The summed E-state index contributed by atoms with van der Waals surface area (Å²) < 4.78 is 12.3. The lowest BCUT2D eigenvalue weighted by Gasteiger charge is -2.36. The molecule has 3 aromatic carbocycles. The molecular formula is C34H37N3O8. The average molecular weight is 616 g/mol. The molecule has 1 saturated heterocycles. The Kier molecular flexibility index (Phi) is 8.28. The molecule has 236 valence electrons. The van der Waals surface area contributed by atoms with Crippen LogP contribution >= 0.6 is 0 Å². The number of carbonyl (C=O) groups is 3. The normalized spacial score (nSPS) is 17.1. The summed E-state index contributed by atoms with van der Waals surface area (Å²) in [5.74, 6) is -0.973. The second-order valence-corrected chi connectivity index (χ2v) is 11.8. The molecule has 0 saturated carbocycles. The van der Waals surface area contributed by atoms with Gasteiger partial charge in [0.1, 0.15) is 23.0 Å². The lowest BCUT2D eigenvalue weighted by atomic mass is 9.77.